The highest BCUT2D eigenvalue weighted by atomic mass is 79.9. The Morgan fingerprint density at radius 3 is 2.38 bits per heavy atom. The van der Waals surface area contributed by atoms with E-state index < -0.39 is 28.3 Å². The molecular weight excluding hydrogens is 399 g/mol. The smallest absolute Gasteiger partial charge is 0.243 e. The molecule has 0 aliphatic rings. The Bertz CT molecular complexity index is 825. The fourth-order valence-electron chi connectivity index (χ4n) is 2.03. The monoisotopic (exact) mass is 414 g/mol. The van der Waals surface area contributed by atoms with E-state index in [1.807, 2.05) is 0 Å². The van der Waals surface area contributed by atoms with E-state index in [4.69, 9.17) is 0 Å². The lowest BCUT2D eigenvalue weighted by atomic mass is 10.3. The van der Waals surface area contributed by atoms with Gasteiger partial charge in [0.05, 0.1) is 17.1 Å². The summed E-state index contributed by atoms with van der Waals surface area (Å²) in [5.74, 6) is -1.19. The zero-order valence-electron chi connectivity index (χ0n) is 12.9. The first kappa shape index (κ1) is 18.6. The minimum absolute atomic E-state index is 0.0135. The molecule has 0 aromatic heterocycles. The molecule has 1 N–H and O–H groups in total. The average Bonchev–Trinajstić information content (AvgIpc) is 2.55. The molecule has 2 aromatic rings. The van der Waals surface area contributed by atoms with Gasteiger partial charge in [0.2, 0.25) is 15.9 Å². The van der Waals surface area contributed by atoms with Gasteiger partial charge >= 0.3 is 0 Å². The molecule has 0 heterocycles. The number of likely N-dealkylation sites (N-methyl/N-ethyl adjacent to an activating group) is 1. The van der Waals surface area contributed by atoms with Crippen LogP contribution in [-0.2, 0) is 14.8 Å². The molecule has 128 valence electrons. The van der Waals surface area contributed by atoms with Gasteiger partial charge in [0.25, 0.3) is 0 Å². The zero-order chi connectivity index (χ0) is 17.7. The highest BCUT2D eigenvalue weighted by Gasteiger charge is 2.25. The number of sulfonamides is 1. The molecule has 0 saturated heterocycles. The molecule has 5 nitrogen and oxygen atoms in total. The molecular formula is C16H16BrFN2O3S. The summed E-state index contributed by atoms with van der Waals surface area (Å²) in [6, 6.07) is 11.8. The van der Waals surface area contributed by atoms with E-state index in [0.717, 1.165) is 8.78 Å². The van der Waals surface area contributed by atoms with Crippen LogP contribution in [0.3, 0.4) is 0 Å². The Hall–Kier alpha value is -1.77. The van der Waals surface area contributed by atoms with Crippen molar-refractivity contribution < 1.29 is 17.6 Å². The van der Waals surface area contributed by atoms with Crippen LogP contribution in [0.25, 0.3) is 0 Å². The SMILES string of the molecule is CCN(CC(=O)Nc1ccccc1F)S(=O)(=O)c1ccc(Br)cc1. The Balaban J connectivity index is 2.15. The van der Waals surface area contributed by atoms with Gasteiger partial charge in [0.1, 0.15) is 5.82 Å². The van der Waals surface area contributed by atoms with Crippen LogP contribution in [0.5, 0.6) is 0 Å². The maximum absolute atomic E-state index is 13.6. The molecule has 24 heavy (non-hydrogen) atoms. The molecule has 0 bridgehead atoms. The molecule has 0 saturated carbocycles. The van der Waals surface area contributed by atoms with Crippen molar-refractivity contribution in [1.82, 2.24) is 4.31 Å². The van der Waals surface area contributed by atoms with E-state index in [9.17, 15) is 17.6 Å². The van der Waals surface area contributed by atoms with Gasteiger partial charge in [-0.1, -0.05) is 35.0 Å². The summed E-state index contributed by atoms with van der Waals surface area (Å²) >= 11 is 3.24. The van der Waals surface area contributed by atoms with Gasteiger partial charge in [-0.2, -0.15) is 4.31 Å². The summed E-state index contributed by atoms with van der Waals surface area (Å²) in [5.41, 5.74) is 0.0135. The van der Waals surface area contributed by atoms with Crippen molar-refractivity contribution in [1.29, 1.82) is 0 Å². The van der Waals surface area contributed by atoms with E-state index in [2.05, 4.69) is 21.2 Å². The number of carbonyl (C=O) groups excluding carboxylic acids is 1. The summed E-state index contributed by atoms with van der Waals surface area (Å²) in [5, 5.41) is 2.38. The van der Waals surface area contributed by atoms with Crippen LogP contribution in [-0.4, -0.2) is 31.7 Å². The molecule has 0 aliphatic heterocycles. The molecule has 8 heteroatoms. The number of amides is 1. The third kappa shape index (κ3) is 4.40. The van der Waals surface area contributed by atoms with Crippen molar-refractivity contribution >= 4 is 37.5 Å². The van der Waals surface area contributed by atoms with E-state index in [0.29, 0.717) is 0 Å². The normalized spacial score (nSPS) is 11.5. The topological polar surface area (TPSA) is 66.5 Å². The predicted octanol–water partition coefficient (Wildman–Crippen LogP) is 3.24. The summed E-state index contributed by atoms with van der Waals surface area (Å²) in [6.45, 7) is 1.35. The Labute approximate surface area is 148 Å². The van der Waals surface area contributed by atoms with Crippen LogP contribution in [0, 0.1) is 5.82 Å². The maximum Gasteiger partial charge on any atom is 0.243 e. The number of carbonyl (C=O) groups is 1. The van der Waals surface area contributed by atoms with Crippen LogP contribution in [0.2, 0.25) is 0 Å². The minimum atomic E-state index is -3.81. The standard InChI is InChI=1S/C16H16BrFN2O3S/c1-2-20(24(22,23)13-9-7-12(17)8-10-13)11-16(21)19-15-6-4-3-5-14(15)18/h3-10H,2,11H2,1H3,(H,19,21). The van der Waals surface area contributed by atoms with E-state index in [1.54, 1.807) is 25.1 Å². The lowest BCUT2D eigenvalue weighted by Crippen LogP contribution is -2.37. The van der Waals surface area contributed by atoms with Crippen LogP contribution < -0.4 is 5.32 Å². The number of anilines is 1. The fraction of sp³-hybridized carbons (Fsp3) is 0.188. The summed E-state index contributed by atoms with van der Waals surface area (Å²) in [6.07, 6.45) is 0. The lowest BCUT2D eigenvalue weighted by molar-refractivity contribution is -0.116. The highest BCUT2D eigenvalue weighted by Crippen LogP contribution is 2.19. The molecule has 0 radical (unpaired) electrons. The first-order valence-electron chi connectivity index (χ1n) is 7.14. The number of nitrogens with zero attached hydrogens (tertiary/aromatic N) is 1. The van der Waals surface area contributed by atoms with Gasteiger partial charge in [-0.15, -0.1) is 0 Å². The van der Waals surface area contributed by atoms with E-state index in [-0.39, 0.29) is 17.1 Å². The molecule has 0 fully saturated rings. The van der Waals surface area contributed by atoms with Crippen molar-refractivity contribution in [3.63, 3.8) is 0 Å². The van der Waals surface area contributed by atoms with Crippen LogP contribution in [0.1, 0.15) is 6.92 Å². The molecule has 0 unspecified atom stereocenters. The number of hydrogen-bond donors (Lipinski definition) is 1. The number of benzene rings is 2. The van der Waals surface area contributed by atoms with Gasteiger partial charge in [-0.25, -0.2) is 12.8 Å². The Morgan fingerprint density at radius 2 is 1.79 bits per heavy atom. The van der Waals surface area contributed by atoms with Crippen LogP contribution in [0.4, 0.5) is 10.1 Å². The van der Waals surface area contributed by atoms with Crippen molar-refractivity contribution in [3.8, 4) is 0 Å². The van der Waals surface area contributed by atoms with Gasteiger partial charge < -0.3 is 5.32 Å². The minimum Gasteiger partial charge on any atom is -0.322 e. The highest BCUT2D eigenvalue weighted by molar-refractivity contribution is 9.10. The maximum atomic E-state index is 13.6. The van der Waals surface area contributed by atoms with Gasteiger partial charge in [0, 0.05) is 11.0 Å². The van der Waals surface area contributed by atoms with Crippen LogP contribution >= 0.6 is 15.9 Å². The second-order valence-corrected chi connectivity index (χ2v) is 7.77. The zero-order valence-corrected chi connectivity index (χ0v) is 15.3. The molecule has 1 amide bonds. The molecule has 2 rings (SSSR count). The number of rotatable bonds is 6. The van der Waals surface area contributed by atoms with Gasteiger partial charge in [-0.3, -0.25) is 4.79 Å². The van der Waals surface area contributed by atoms with Gasteiger partial charge in [-0.05, 0) is 36.4 Å². The lowest BCUT2D eigenvalue weighted by Gasteiger charge is -2.20. The van der Waals surface area contributed by atoms with Crippen molar-refractivity contribution in [3.05, 3.63) is 58.8 Å². The Morgan fingerprint density at radius 1 is 1.17 bits per heavy atom. The average molecular weight is 415 g/mol. The largest absolute Gasteiger partial charge is 0.322 e. The second-order valence-electron chi connectivity index (χ2n) is 4.91. The fourth-order valence-corrected chi connectivity index (χ4v) is 3.70. The summed E-state index contributed by atoms with van der Waals surface area (Å²) < 4.78 is 40.5. The van der Waals surface area contributed by atoms with Gasteiger partial charge in [0.15, 0.2) is 0 Å². The third-order valence-corrected chi connectivity index (χ3v) is 5.74. The van der Waals surface area contributed by atoms with Crippen LogP contribution in [0.15, 0.2) is 57.9 Å². The van der Waals surface area contributed by atoms with E-state index >= 15 is 0 Å². The molecule has 2 aromatic carbocycles. The number of nitrogens with one attached hydrogen (secondary N) is 1. The number of halogens is 2. The van der Waals surface area contributed by atoms with Crippen molar-refractivity contribution in [2.45, 2.75) is 11.8 Å². The van der Waals surface area contributed by atoms with E-state index in [1.165, 1.54) is 30.3 Å². The Kier molecular flexibility index (Phi) is 6.09. The van der Waals surface area contributed by atoms with Crippen molar-refractivity contribution in [2.24, 2.45) is 0 Å². The van der Waals surface area contributed by atoms with Crippen molar-refractivity contribution in [2.75, 3.05) is 18.4 Å². The molecule has 0 atom stereocenters. The molecule has 0 spiro atoms. The number of para-hydroxylation sites is 1. The number of hydrogen-bond acceptors (Lipinski definition) is 3. The second kappa shape index (κ2) is 7.87. The molecule has 0 aliphatic carbocycles. The summed E-state index contributed by atoms with van der Waals surface area (Å²) in [7, 11) is -3.81. The quantitative estimate of drug-likeness (QED) is 0.788. The first-order valence-corrected chi connectivity index (χ1v) is 9.38. The summed E-state index contributed by atoms with van der Waals surface area (Å²) in [4.78, 5) is 12.2. The predicted molar refractivity (Wildman–Crippen MR) is 93.6 cm³/mol. The third-order valence-electron chi connectivity index (χ3n) is 3.27. The first-order chi connectivity index (χ1) is 11.3.